The molecule has 2 aliphatic rings. The third kappa shape index (κ3) is 4.35. The molecule has 8 nitrogen and oxygen atoms in total. The van der Waals surface area contributed by atoms with E-state index >= 15 is 0 Å². The van der Waals surface area contributed by atoms with Gasteiger partial charge >= 0.3 is 0 Å². The maximum atomic E-state index is 6.11. The van der Waals surface area contributed by atoms with Gasteiger partial charge in [0, 0.05) is 42.8 Å². The summed E-state index contributed by atoms with van der Waals surface area (Å²) in [5.74, 6) is 1.56. The molecule has 5 rings (SSSR count). The highest BCUT2D eigenvalue weighted by Gasteiger charge is 2.38. The van der Waals surface area contributed by atoms with Crippen LogP contribution >= 0.6 is 0 Å². The number of ether oxygens (including phenoxy) is 3. The van der Waals surface area contributed by atoms with Crippen LogP contribution in [0.4, 0.5) is 0 Å². The molecule has 0 radical (unpaired) electrons. The summed E-state index contributed by atoms with van der Waals surface area (Å²) in [5.41, 5.74) is 2.77. The molecule has 0 unspecified atom stereocenters. The first kappa shape index (κ1) is 19.2. The highest BCUT2D eigenvalue weighted by Crippen LogP contribution is 2.25. The van der Waals surface area contributed by atoms with E-state index in [0.717, 1.165) is 41.6 Å². The SMILES string of the molecule is Cc1ccc(OC2CO[C@H]3CN(Cc4cc(-c5ccncc5)no4)C[C@@H]3OC2)cn1. The minimum atomic E-state index is -0.134. The zero-order valence-corrected chi connectivity index (χ0v) is 16.8. The van der Waals surface area contributed by atoms with E-state index in [4.69, 9.17) is 18.7 Å². The topological polar surface area (TPSA) is 82.7 Å². The average Bonchev–Trinajstić information content (AvgIpc) is 3.35. The van der Waals surface area contributed by atoms with Gasteiger partial charge in [-0.3, -0.25) is 14.9 Å². The molecule has 2 aliphatic heterocycles. The Kier molecular flexibility index (Phi) is 5.44. The molecule has 5 heterocycles. The van der Waals surface area contributed by atoms with Crippen molar-refractivity contribution in [1.82, 2.24) is 20.0 Å². The van der Waals surface area contributed by atoms with Crippen LogP contribution in [-0.2, 0) is 16.0 Å². The van der Waals surface area contributed by atoms with E-state index in [1.54, 1.807) is 18.6 Å². The number of hydrogen-bond donors (Lipinski definition) is 0. The molecule has 30 heavy (non-hydrogen) atoms. The molecule has 2 fully saturated rings. The number of aromatic nitrogens is 3. The van der Waals surface area contributed by atoms with Crippen molar-refractivity contribution in [2.45, 2.75) is 31.8 Å². The van der Waals surface area contributed by atoms with Gasteiger partial charge < -0.3 is 18.7 Å². The molecule has 2 atom stereocenters. The van der Waals surface area contributed by atoms with E-state index in [0.29, 0.717) is 19.8 Å². The van der Waals surface area contributed by atoms with Gasteiger partial charge in [0.1, 0.15) is 17.5 Å². The predicted molar refractivity (Wildman–Crippen MR) is 108 cm³/mol. The summed E-state index contributed by atoms with van der Waals surface area (Å²) in [6, 6.07) is 9.67. The molecule has 0 N–H and O–H groups in total. The lowest BCUT2D eigenvalue weighted by Crippen LogP contribution is -2.29. The monoisotopic (exact) mass is 408 g/mol. The molecule has 2 saturated heterocycles. The fourth-order valence-corrected chi connectivity index (χ4v) is 3.83. The van der Waals surface area contributed by atoms with E-state index in [1.165, 1.54) is 0 Å². The Hall–Kier alpha value is -2.81. The molecule has 0 saturated carbocycles. The van der Waals surface area contributed by atoms with Crippen molar-refractivity contribution >= 4 is 0 Å². The number of pyridine rings is 2. The number of hydrogen-bond acceptors (Lipinski definition) is 8. The van der Waals surface area contributed by atoms with Gasteiger partial charge in [0.2, 0.25) is 0 Å². The van der Waals surface area contributed by atoms with Gasteiger partial charge in [0.15, 0.2) is 5.76 Å². The van der Waals surface area contributed by atoms with Crippen molar-refractivity contribution in [3.8, 4) is 17.0 Å². The fraction of sp³-hybridized carbons (Fsp3) is 0.409. The summed E-state index contributed by atoms with van der Waals surface area (Å²) < 4.78 is 23.7. The predicted octanol–water partition coefficient (Wildman–Crippen LogP) is 2.49. The summed E-state index contributed by atoms with van der Waals surface area (Å²) >= 11 is 0. The van der Waals surface area contributed by atoms with Crippen molar-refractivity contribution in [2.75, 3.05) is 26.3 Å². The quantitative estimate of drug-likeness (QED) is 0.637. The Bertz CT molecular complexity index is 947. The van der Waals surface area contributed by atoms with Crippen LogP contribution in [0.1, 0.15) is 11.5 Å². The van der Waals surface area contributed by atoms with Gasteiger partial charge in [-0.1, -0.05) is 5.16 Å². The van der Waals surface area contributed by atoms with Crippen LogP contribution in [-0.4, -0.2) is 64.6 Å². The number of aryl methyl sites for hydroxylation is 1. The molecule has 0 spiro atoms. The summed E-state index contributed by atoms with van der Waals surface area (Å²) in [5, 5.41) is 4.18. The average molecular weight is 408 g/mol. The van der Waals surface area contributed by atoms with Gasteiger partial charge in [-0.25, -0.2) is 0 Å². The zero-order valence-electron chi connectivity index (χ0n) is 16.8. The van der Waals surface area contributed by atoms with E-state index in [1.807, 2.05) is 37.3 Å². The molecule has 156 valence electrons. The van der Waals surface area contributed by atoms with Crippen molar-refractivity contribution < 1.29 is 18.7 Å². The van der Waals surface area contributed by atoms with Crippen LogP contribution in [0.3, 0.4) is 0 Å². The minimum Gasteiger partial charge on any atom is -0.484 e. The molecular formula is C22H24N4O4. The molecule has 3 aromatic rings. The van der Waals surface area contributed by atoms with Gasteiger partial charge in [0.05, 0.1) is 38.2 Å². The number of fused-ring (bicyclic) bond motifs is 1. The minimum absolute atomic E-state index is 0.0253. The largest absolute Gasteiger partial charge is 0.484 e. The lowest BCUT2D eigenvalue weighted by molar-refractivity contribution is -0.00461. The van der Waals surface area contributed by atoms with Crippen LogP contribution in [0.5, 0.6) is 5.75 Å². The van der Waals surface area contributed by atoms with Crippen molar-refractivity contribution in [2.24, 2.45) is 0 Å². The molecule has 3 aromatic heterocycles. The third-order valence-corrected chi connectivity index (χ3v) is 5.38. The Balaban J connectivity index is 1.14. The maximum absolute atomic E-state index is 6.11. The van der Waals surface area contributed by atoms with E-state index in [-0.39, 0.29) is 18.3 Å². The standard InChI is InChI=1S/C22H24N4O4/c1-15-2-3-17(9-24-15)29-19-13-27-21-11-26(12-22(21)28-14-19)10-18-8-20(25-30-18)16-4-6-23-7-5-16/h2-9,19,21-22H,10-14H2,1H3/t21-,22-/m0/s1. The molecule has 0 amide bonds. The van der Waals surface area contributed by atoms with E-state index in [9.17, 15) is 0 Å². The first-order chi connectivity index (χ1) is 14.7. The van der Waals surface area contributed by atoms with E-state index < -0.39 is 0 Å². The second kappa shape index (κ2) is 8.51. The molecule has 8 heteroatoms. The zero-order chi connectivity index (χ0) is 20.3. The smallest absolute Gasteiger partial charge is 0.151 e. The Labute approximate surface area is 174 Å². The second-order valence-corrected chi connectivity index (χ2v) is 7.73. The van der Waals surface area contributed by atoms with Crippen molar-refractivity contribution in [1.29, 1.82) is 0 Å². The Morgan fingerprint density at radius 3 is 2.53 bits per heavy atom. The summed E-state index contributed by atoms with van der Waals surface area (Å²) in [6.45, 7) is 5.19. The van der Waals surface area contributed by atoms with Crippen LogP contribution in [0.15, 0.2) is 53.4 Å². The van der Waals surface area contributed by atoms with Crippen molar-refractivity contribution in [3.63, 3.8) is 0 Å². The van der Waals surface area contributed by atoms with Gasteiger partial charge in [-0.15, -0.1) is 0 Å². The highest BCUT2D eigenvalue weighted by molar-refractivity contribution is 5.57. The van der Waals surface area contributed by atoms with Crippen molar-refractivity contribution in [3.05, 3.63) is 60.4 Å². The van der Waals surface area contributed by atoms with Gasteiger partial charge in [-0.05, 0) is 31.2 Å². The molecule has 0 aliphatic carbocycles. The van der Waals surface area contributed by atoms with Gasteiger partial charge in [0.25, 0.3) is 0 Å². The summed E-state index contributed by atoms with van der Waals surface area (Å²) in [6.07, 6.45) is 5.15. The third-order valence-electron chi connectivity index (χ3n) is 5.38. The second-order valence-electron chi connectivity index (χ2n) is 7.73. The Morgan fingerprint density at radius 2 is 1.83 bits per heavy atom. The lowest BCUT2D eigenvalue weighted by Gasteiger charge is -2.18. The molecule has 0 bridgehead atoms. The summed E-state index contributed by atoms with van der Waals surface area (Å²) in [7, 11) is 0. The normalized spacial score (nSPS) is 22.6. The van der Waals surface area contributed by atoms with Gasteiger partial charge in [-0.2, -0.15) is 0 Å². The van der Waals surface area contributed by atoms with E-state index in [2.05, 4.69) is 20.0 Å². The number of rotatable bonds is 5. The van der Waals surface area contributed by atoms with Crippen LogP contribution in [0, 0.1) is 6.92 Å². The first-order valence-electron chi connectivity index (χ1n) is 10.1. The highest BCUT2D eigenvalue weighted by atomic mass is 16.6. The lowest BCUT2D eigenvalue weighted by atomic mass is 10.2. The first-order valence-corrected chi connectivity index (χ1v) is 10.1. The molecular weight excluding hydrogens is 384 g/mol. The fourth-order valence-electron chi connectivity index (χ4n) is 3.83. The maximum Gasteiger partial charge on any atom is 0.151 e. The Morgan fingerprint density at radius 1 is 1.07 bits per heavy atom. The van der Waals surface area contributed by atoms with Crippen LogP contribution < -0.4 is 4.74 Å². The molecule has 0 aromatic carbocycles. The van der Waals surface area contributed by atoms with Crippen LogP contribution in [0.2, 0.25) is 0 Å². The van der Waals surface area contributed by atoms with Crippen LogP contribution in [0.25, 0.3) is 11.3 Å². The number of likely N-dealkylation sites (tertiary alicyclic amines) is 1. The number of nitrogens with zero attached hydrogens (tertiary/aromatic N) is 4. The summed E-state index contributed by atoms with van der Waals surface area (Å²) in [4.78, 5) is 10.6.